The highest BCUT2D eigenvalue weighted by atomic mass is 35.5. The summed E-state index contributed by atoms with van der Waals surface area (Å²) in [5.41, 5.74) is -0.945. The Hall–Kier alpha value is -0.620. The molecule has 1 aromatic rings. The topological polar surface area (TPSA) is 45.1 Å². The van der Waals surface area contributed by atoms with E-state index in [0.29, 0.717) is 16.5 Å². The summed E-state index contributed by atoms with van der Waals surface area (Å²) in [6, 6.07) is 7.14. The van der Waals surface area contributed by atoms with Crippen molar-refractivity contribution in [2.75, 3.05) is 25.4 Å². The van der Waals surface area contributed by atoms with Crippen molar-refractivity contribution in [3.05, 3.63) is 29.3 Å². The van der Waals surface area contributed by atoms with E-state index in [4.69, 9.17) is 16.3 Å². The standard InChI is InChI=1S/C12H13ClN2O2S.ClH/c13-9-1-3-10(4-2-9)17-7-12(16)8-18-11-14-5-6-15(11)12;/h1-4,16H,5-8H2;1H. The quantitative estimate of drug-likeness (QED) is 0.927. The molecular formula is C12H14Cl2N2O2S. The van der Waals surface area contributed by atoms with Crippen molar-refractivity contribution in [2.24, 2.45) is 4.99 Å². The Morgan fingerprint density at radius 2 is 2.16 bits per heavy atom. The third-order valence-electron chi connectivity index (χ3n) is 3.02. The number of thioether (sulfide) groups is 1. The van der Waals surface area contributed by atoms with Crippen LogP contribution in [0.2, 0.25) is 5.02 Å². The number of amidine groups is 1. The molecule has 2 aliphatic rings. The molecule has 1 saturated heterocycles. The first kappa shape index (κ1) is 14.8. The third kappa shape index (κ3) is 2.94. The number of rotatable bonds is 3. The number of hydrogen-bond acceptors (Lipinski definition) is 5. The molecule has 2 aliphatic heterocycles. The minimum atomic E-state index is -0.945. The lowest BCUT2D eigenvalue weighted by molar-refractivity contribution is -0.0694. The molecule has 3 rings (SSSR count). The summed E-state index contributed by atoms with van der Waals surface area (Å²) in [5.74, 6) is 1.31. The fourth-order valence-electron chi connectivity index (χ4n) is 2.04. The predicted octanol–water partition coefficient (Wildman–Crippen LogP) is 2.25. The lowest BCUT2D eigenvalue weighted by atomic mass is 10.2. The fourth-order valence-corrected chi connectivity index (χ4v) is 3.37. The van der Waals surface area contributed by atoms with Gasteiger partial charge in [0.15, 0.2) is 10.9 Å². The molecule has 1 fully saturated rings. The Morgan fingerprint density at radius 1 is 1.42 bits per heavy atom. The molecule has 104 valence electrons. The minimum Gasteiger partial charge on any atom is -0.489 e. The highest BCUT2D eigenvalue weighted by molar-refractivity contribution is 8.14. The monoisotopic (exact) mass is 320 g/mol. The van der Waals surface area contributed by atoms with E-state index < -0.39 is 5.72 Å². The van der Waals surface area contributed by atoms with Crippen LogP contribution in [0.15, 0.2) is 29.3 Å². The summed E-state index contributed by atoms with van der Waals surface area (Å²) in [4.78, 5) is 6.26. The van der Waals surface area contributed by atoms with Gasteiger partial charge in [0.25, 0.3) is 0 Å². The van der Waals surface area contributed by atoms with Crippen LogP contribution < -0.4 is 4.74 Å². The average molecular weight is 321 g/mol. The van der Waals surface area contributed by atoms with Gasteiger partial charge in [0.1, 0.15) is 12.4 Å². The van der Waals surface area contributed by atoms with Gasteiger partial charge in [0, 0.05) is 11.6 Å². The zero-order valence-electron chi connectivity index (χ0n) is 10.1. The molecule has 1 atom stereocenters. The number of ether oxygens (including phenoxy) is 1. The third-order valence-corrected chi connectivity index (χ3v) is 4.49. The first-order valence-electron chi connectivity index (χ1n) is 5.73. The minimum absolute atomic E-state index is 0. The van der Waals surface area contributed by atoms with E-state index >= 15 is 0 Å². The largest absolute Gasteiger partial charge is 0.489 e. The number of nitrogens with zero attached hydrogens (tertiary/aromatic N) is 2. The van der Waals surface area contributed by atoms with Gasteiger partial charge in [-0.2, -0.15) is 0 Å². The van der Waals surface area contributed by atoms with E-state index in [1.54, 1.807) is 36.0 Å². The lowest BCUT2D eigenvalue weighted by Crippen LogP contribution is -2.51. The molecular weight excluding hydrogens is 307 g/mol. The van der Waals surface area contributed by atoms with Gasteiger partial charge in [-0.15, -0.1) is 12.4 Å². The summed E-state index contributed by atoms with van der Waals surface area (Å²) < 4.78 is 5.64. The van der Waals surface area contributed by atoms with E-state index in [1.165, 1.54) is 0 Å². The zero-order chi connectivity index (χ0) is 12.6. The van der Waals surface area contributed by atoms with E-state index in [9.17, 15) is 5.11 Å². The number of aliphatic hydroxyl groups is 1. The van der Waals surface area contributed by atoms with E-state index in [1.807, 2.05) is 4.90 Å². The molecule has 0 aliphatic carbocycles. The SMILES string of the molecule is Cl.OC1(COc2ccc(Cl)cc2)CSC2=NCCN21. The van der Waals surface area contributed by atoms with Gasteiger partial charge in [0.2, 0.25) is 0 Å². The van der Waals surface area contributed by atoms with Gasteiger partial charge in [-0.1, -0.05) is 23.4 Å². The summed E-state index contributed by atoms with van der Waals surface area (Å²) in [7, 11) is 0. The molecule has 2 heterocycles. The van der Waals surface area contributed by atoms with Gasteiger partial charge in [-0.05, 0) is 24.3 Å². The van der Waals surface area contributed by atoms with Gasteiger partial charge < -0.3 is 14.7 Å². The van der Waals surface area contributed by atoms with Crippen LogP contribution in [0.1, 0.15) is 0 Å². The van der Waals surface area contributed by atoms with Crippen LogP contribution in [0.5, 0.6) is 5.75 Å². The van der Waals surface area contributed by atoms with Crippen LogP contribution >= 0.6 is 35.8 Å². The van der Waals surface area contributed by atoms with Gasteiger partial charge >= 0.3 is 0 Å². The second-order valence-corrected chi connectivity index (χ2v) is 5.71. The molecule has 1 unspecified atom stereocenters. The molecule has 1 aromatic carbocycles. The van der Waals surface area contributed by atoms with Crippen LogP contribution in [-0.2, 0) is 0 Å². The lowest BCUT2D eigenvalue weighted by Gasteiger charge is -2.31. The van der Waals surface area contributed by atoms with Gasteiger partial charge in [-0.25, -0.2) is 0 Å². The highest BCUT2D eigenvalue weighted by Gasteiger charge is 2.45. The van der Waals surface area contributed by atoms with Crippen molar-refractivity contribution >= 4 is 40.9 Å². The number of fused-ring (bicyclic) bond motifs is 1. The van der Waals surface area contributed by atoms with Crippen molar-refractivity contribution in [3.63, 3.8) is 0 Å². The zero-order valence-corrected chi connectivity index (χ0v) is 12.5. The first-order valence-corrected chi connectivity index (χ1v) is 7.09. The molecule has 0 aromatic heterocycles. The Balaban J connectivity index is 0.00000133. The summed E-state index contributed by atoms with van der Waals surface area (Å²) in [6.07, 6.45) is 0. The van der Waals surface area contributed by atoms with Crippen LogP contribution in [0.4, 0.5) is 0 Å². The Labute approximate surface area is 127 Å². The van der Waals surface area contributed by atoms with E-state index in [2.05, 4.69) is 4.99 Å². The first-order chi connectivity index (χ1) is 8.67. The molecule has 0 amide bonds. The van der Waals surface area contributed by atoms with Gasteiger partial charge in [-0.3, -0.25) is 4.99 Å². The van der Waals surface area contributed by atoms with E-state index in [0.717, 1.165) is 18.3 Å². The van der Waals surface area contributed by atoms with Crippen LogP contribution in [-0.4, -0.2) is 46.3 Å². The second kappa shape index (κ2) is 5.79. The number of hydrogen-bond donors (Lipinski definition) is 1. The summed E-state index contributed by atoms with van der Waals surface area (Å²) in [6.45, 7) is 1.76. The number of halogens is 2. The maximum Gasteiger partial charge on any atom is 0.184 e. The Kier molecular flexibility index (Phi) is 4.50. The molecule has 0 saturated carbocycles. The second-order valence-electron chi connectivity index (χ2n) is 4.33. The Bertz CT molecular complexity index is 483. The molecule has 0 radical (unpaired) electrons. The molecule has 4 nitrogen and oxygen atoms in total. The van der Waals surface area contributed by atoms with Crippen LogP contribution in [0, 0.1) is 0 Å². The molecule has 7 heteroatoms. The summed E-state index contributed by atoms with van der Waals surface area (Å²) >= 11 is 7.39. The predicted molar refractivity (Wildman–Crippen MR) is 80.6 cm³/mol. The van der Waals surface area contributed by atoms with Crippen molar-refractivity contribution in [2.45, 2.75) is 5.72 Å². The molecule has 1 N–H and O–H groups in total. The average Bonchev–Trinajstić information content (AvgIpc) is 2.94. The van der Waals surface area contributed by atoms with Crippen LogP contribution in [0.3, 0.4) is 0 Å². The van der Waals surface area contributed by atoms with Crippen molar-refractivity contribution < 1.29 is 9.84 Å². The van der Waals surface area contributed by atoms with Crippen molar-refractivity contribution in [1.82, 2.24) is 4.90 Å². The van der Waals surface area contributed by atoms with E-state index in [-0.39, 0.29) is 19.0 Å². The normalized spacial score (nSPS) is 24.7. The molecule has 19 heavy (non-hydrogen) atoms. The number of aliphatic imine (C=N–C) groups is 1. The van der Waals surface area contributed by atoms with Gasteiger partial charge in [0.05, 0.1) is 12.3 Å². The fraction of sp³-hybridized carbons (Fsp3) is 0.417. The van der Waals surface area contributed by atoms with Crippen molar-refractivity contribution in [3.8, 4) is 5.75 Å². The maximum atomic E-state index is 10.6. The molecule has 0 spiro atoms. The number of benzene rings is 1. The van der Waals surface area contributed by atoms with Crippen LogP contribution in [0.25, 0.3) is 0 Å². The molecule has 0 bridgehead atoms. The van der Waals surface area contributed by atoms with Crippen molar-refractivity contribution in [1.29, 1.82) is 0 Å². The highest BCUT2D eigenvalue weighted by Crippen LogP contribution is 2.34. The summed E-state index contributed by atoms with van der Waals surface area (Å²) in [5, 5.41) is 12.2. The maximum absolute atomic E-state index is 10.6. The Morgan fingerprint density at radius 3 is 2.89 bits per heavy atom. The smallest absolute Gasteiger partial charge is 0.184 e.